The van der Waals surface area contributed by atoms with Crippen LogP contribution in [0.4, 0.5) is 0 Å². The van der Waals surface area contributed by atoms with Gasteiger partial charge in [-0.15, -0.1) is 0 Å². The zero-order chi connectivity index (χ0) is 12.0. The molecule has 1 amide bonds. The third-order valence-corrected chi connectivity index (χ3v) is 2.29. The fourth-order valence-corrected chi connectivity index (χ4v) is 1.19. The normalized spacial score (nSPS) is 11.4. The number of carbonyl (C=O) groups excluding carboxylic acids is 1. The van der Waals surface area contributed by atoms with Gasteiger partial charge in [0.25, 0.3) is 0 Å². The minimum atomic E-state index is -0.420. The minimum absolute atomic E-state index is 0.0219. The van der Waals surface area contributed by atoms with Crippen LogP contribution >= 0.6 is 0 Å². The molecule has 6 nitrogen and oxygen atoms in total. The van der Waals surface area contributed by atoms with Crippen molar-refractivity contribution in [2.45, 2.75) is 32.3 Å². The van der Waals surface area contributed by atoms with E-state index in [1.807, 2.05) is 13.8 Å². The number of nitrogens with one attached hydrogen (secondary N) is 2. The van der Waals surface area contributed by atoms with Crippen molar-refractivity contribution in [1.29, 1.82) is 0 Å². The summed E-state index contributed by atoms with van der Waals surface area (Å²) >= 11 is 0. The zero-order valence-corrected chi connectivity index (χ0v) is 9.91. The predicted molar refractivity (Wildman–Crippen MR) is 58.8 cm³/mol. The molecule has 90 valence electrons. The summed E-state index contributed by atoms with van der Waals surface area (Å²) in [5.74, 6) is 0.748. The Kier molecular flexibility index (Phi) is 4.42. The van der Waals surface area contributed by atoms with E-state index in [9.17, 15) is 4.79 Å². The van der Waals surface area contributed by atoms with Crippen LogP contribution in [0, 0.1) is 0 Å². The number of hydrogen-bond donors (Lipinski definition) is 2. The number of H-pyrrole nitrogens is 1. The van der Waals surface area contributed by atoms with Crippen molar-refractivity contribution in [1.82, 2.24) is 20.5 Å². The van der Waals surface area contributed by atoms with Crippen LogP contribution in [0.3, 0.4) is 0 Å². The van der Waals surface area contributed by atoms with E-state index in [2.05, 4.69) is 20.5 Å². The van der Waals surface area contributed by atoms with Crippen molar-refractivity contribution >= 4 is 5.91 Å². The van der Waals surface area contributed by atoms with Gasteiger partial charge in [-0.25, -0.2) is 4.98 Å². The Morgan fingerprint density at radius 1 is 1.62 bits per heavy atom. The molecule has 0 bridgehead atoms. The van der Waals surface area contributed by atoms with Gasteiger partial charge in [-0.3, -0.25) is 9.89 Å². The molecule has 0 unspecified atom stereocenters. The van der Waals surface area contributed by atoms with Gasteiger partial charge < -0.3 is 10.1 Å². The summed E-state index contributed by atoms with van der Waals surface area (Å²) < 4.78 is 5.17. The van der Waals surface area contributed by atoms with Gasteiger partial charge in [-0.1, -0.05) is 0 Å². The molecule has 6 heteroatoms. The minimum Gasteiger partial charge on any atom is -0.378 e. The fourth-order valence-electron chi connectivity index (χ4n) is 1.19. The van der Waals surface area contributed by atoms with Crippen LogP contribution in [-0.2, 0) is 16.0 Å². The summed E-state index contributed by atoms with van der Waals surface area (Å²) in [6, 6.07) is 0. The van der Waals surface area contributed by atoms with E-state index in [-0.39, 0.29) is 5.91 Å². The number of nitrogens with zero attached hydrogens (tertiary/aromatic N) is 2. The highest BCUT2D eigenvalue weighted by molar-refractivity contribution is 5.76. The number of amides is 1. The summed E-state index contributed by atoms with van der Waals surface area (Å²) in [5.41, 5.74) is -0.420. The number of rotatable bonds is 6. The van der Waals surface area contributed by atoms with Gasteiger partial charge in [-0.05, 0) is 13.8 Å². The van der Waals surface area contributed by atoms with Gasteiger partial charge in [0.15, 0.2) is 0 Å². The highest BCUT2D eigenvalue weighted by atomic mass is 16.5. The number of aromatic nitrogens is 3. The zero-order valence-electron chi connectivity index (χ0n) is 9.91. The molecule has 2 N–H and O–H groups in total. The molecule has 0 saturated carbocycles. The molecule has 0 aromatic carbocycles. The van der Waals surface area contributed by atoms with Crippen LogP contribution < -0.4 is 5.32 Å². The quantitative estimate of drug-likeness (QED) is 0.730. The van der Waals surface area contributed by atoms with E-state index in [0.29, 0.717) is 19.4 Å². The van der Waals surface area contributed by atoms with Gasteiger partial charge in [-0.2, -0.15) is 5.10 Å². The number of aromatic amines is 1. The van der Waals surface area contributed by atoms with Crippen LogP contribution in [0.2, 0.25) is 0 Å². The van der Waals surface area contributed by atoms with Crippen molar-refractivity contribution < 1.29 is 9.53 Å². The summed E-state index contributed by atoms with van der Waals surface area (Å²) in [5, 5.41) is 9.26. The lowest BCUT2D eigenvalue weighted by Crippen LogP contribution is -2.34. The maximum atomic E-state index is 11.5. The Labute approximate surface area is 94.8 Å². The van der Waals surface area contributed by atoms with E-state index in [4.69, 9.17) is 4.74 Å². The summed E-state index contributed by atoms with van der Waals surface area (Å²) in [6.45, 7) is 4.31. The van der Waals surface area contributed by atoms with E-state index in [0.717, 1.165) is 5.82 Å². The highest BCUT2D eigenvalue weighted by Gasteiger charge is 2.20. The van der Waals surface area contributed by atoms with Gasteiger partial charge in [0.1, 0.15) is 12.2 Å². The number of carbonyl (C=O) groups is 1. The third kappa shape index (κ3) is 4.39. The molecule has 0 aliphatic rings. The molecule has 0 atom stereocenters. The Balaban J connectivity index is 2.20. The molecule has 1 rings (SSSR count). The number of hydrogen-bond acceptors (Lipinski definition) is 4. The molecular formula is C10H18N4O2. The predicted octanol–water partition coefficient (Wildman–Crippen LogP) is 0.278. The van der Waals surface area contributed by atoms with Crippen LogP contribution in [-0.4, -0.2) is 40.3 Å². The van der Waals surface area contributed by atoms with Crippen molar-refractivity contribution in [2.24, 2.45) is 0 Å². The van der Waals surface area contributed by atoms with Gasteiger partial charge >= 0.3 is 0 Å². The first-order chi connectivity index (χ1) is 7.53. The second-order valence-corrected chi connectivity index (χ2v) is 4.17. The van der Waals surface area contributed by atoms with Gasteiger partial charge in [0.2, 0.25) is 5.91 Å². The first-order valence-corrected chi connectivity index (χ1v) is 5.19. The molecule has 0 aliphatic heterocycles. The first kappa shape index (κ1) is 12.6. The average molecular weight is 226 g/mol. The maximum absolute atomic E-state index is 11.5. The molecule has 0 spiro atoms. The molecule has 1 aromatic heterocycles. The van der Waals surface area contributed by atoms with Crippen LogP contribution in [0.25, 0.3) is 0 Å². The van der Waals surface area contributed by atoms with Gasteiger partial charge in [0.05, 0.1) is 12.0 Å². The smallest absolute Gasteiger partial charge is 0.222 e. The lowest BCUT2D eigenvalue weighted by atomic mass is 10.1. The Morgan fingerprint density at radius 3 is 2.94 bits per heavy atom. The van der Waals surface area contributed by atoms with Crippen LogP contribution in [0.1, 0.15) is 26.1 Å². The first-order valence-electron chi connectivity index (χ1n) is 5.19. The SMILES string of the molecule is COC(C)(C)CC(=O)NCCc1ncn[nH]1. The molecule has 0 fully saturated rings. The van der Waals surface area contributed by atoms with Crippen molar-refractivity contribution in [2.75, 3.05) is 13.7 Å². The van der Waals surface area contributed by atoms with Crippen LogP contribution in [0.5, 0.6) is 0 Å². The molecule has 1 heterocycles. The second kappa shape index (κ2) is 5.60. The monoisotopic (exact) mass is 226 g/mol. The van der Waals surface area contributed by atoms with E-state index >= 15 is 0 Å². The fraction of sp³-hybridized carbons (Fsp3) is 0.700. The van der Waals surface area contributed by atoms with Crippen molar-refractivity contribution in [3.05, 3.63) is 12.2 Å². The molecule has 0 aliphatic carbocycles. The summed E-state index contributed by atoms with van der Waals surface area (Å²) in [4.78, 5) is 15.5. The number of methoxy groups -OCH3 is 1. The Hall–Kier alpha value is -1.43. The molecule has 1 aromatic rings. The molecule has 0 radical (unpaired) electrons. The number of ether oxygens (including phenoxy) is 1. The topological polar surface area (TPSA) is 79.9 Å². The molecule has 16 heavy (non-hydrogen) atoms. The molecular weight excluding hydrogens is 208 g/mol. The Bertz CT molecular complexity index is 322. The largest absolute Gasteiger partial charge is 0.378 e. The summed E-state index contributed by atoms with van der Waals surface area (Å²) in [6.07, 6.45) is 2.45. The standard InChI is InChI=1S/C10H18N4O2/c1-10(2,16-3)6-9(15)11-5-4-8-12-7-13-14-8/h7H,4-6H2,1-3H3,(H,11,15)(H,12,13,14). The van der Waals surface area contributed by atoms with Crippen molar-refractivity contribution in [3.8, 4) is 0 Å². The van der Waals surface area contributed by atoms with Crippen molar-refractivity contribution in [3.63, 3.8) is 0 Å². The van der Waals surface area contributed by atoms with Crippen LogP contribution in [0.15, 0.2) is 6.33 Å². The Morgan fingerprint density at radius 2 is 2.38 bits per heavy atom. The average Bonchev–Trinajstić information content (AvgIpc) is 2.70. The third-order valence-electron chi connectivity index (χ3n) is 2.29. The van der Waals surface area contributed by atoms with E-state index in [1.165, 1.54) is 6.33 Å². The van der Waals surface area contributed by atoms with E-state index < -0.39 is 5.60 Å². The summed E-state index contributed by atoms with van der Waals surface area (Å²) in [7, 11) is 1.60. The van der Waals surface area contributed by atoms with Gasteiger partial charge in [0, 0.05) is 20.1 Å². The second-order valence-electron chi connectivity index (χ2n) is 4.17. The molecule has 0 saturated heterocycles. The maximum Gasteiger partial charge on any atom is 0.222 e. The van der Waals surface area contributed by atoms with E-state index in [1.54, 1.807) is 7.11 Å². The lowest BCUT2D eigenvalue weighted by Gasteiger charge is -2.21. The lowest BCUT2D eigenvalue weighted by molar-refractivity contribution is -0.126. The highest BCUT2D eigenvalue weighted by Crippen LogP contribution is 2.11.